The number of benzene rings is 2. The topological polar surface area (TPSA) is 92.5 Å². The first-order valence-corrected chi connectivity index (χ1v) is 8.58. The first kappa shape index (κ1) is 15.4. The number of sulfonamides is 1. The van der Waals surface area contributed by atoms with E-state index in [9.17, 15) is 13.2 Å². The maximum absolute atomic E-state index is 13.1. The molecule has 0 radical (unpaired) electrons. The van der Waals surface area contributed by atoms with Crippen molar-refractivity contribution in [2.24, 2.45) is 5.73 Å². The Morgan fingerprint density at radius 2 is 1.83 bits per heavy atom. The summed E-state index contributed by atoms with van der Waals surface area (Å²) in [6.07, 6.45) is 0. The van der Waals surface area contributed by atoms with Crippen LogP contribution in [0.25, 0.3) is 0 Å². The minimum Gasteiger partial charge on any atom is -0.381 e. The number of rotatable bonds is 3. The van der Waals surface area contributed by atoms with Crippen molar-refractivity contribution < 1.29 is 13.2 Å². The Kier molecular flexibility index (Phi) is 3.73. The van der Waals surface area contributed by atoms with Crippen LogP contribution < -0.4 is 15.4 Å². The van der Waals surface area contributed by atoms with Gasteiger partial charge in [0.05, 0.1) is 16.3 Å². The lowest BCUT2D eigenvalue weighted by Gasteiger charge is -2.36. The van der Waals surface area contributed by atoms with Crippen LogP contribution in [0, 0.1) is 6.92 Å². The third-order valence-electron chi connectivity index (χ3n) is 3.82. The molecule has 0 saturated carbocycles. The number of para-hydroxylation sites is 2. The third-order valence-corrected chi connectivity index (χ3v) is 5.65. The van der Waals surface area contributed by atoms with Gasteiger partial charge in [0.1, 0.15) is 6.04 Å². The maximum Gasteiger partial charge on any atom is 0.265 e. The molecule has 0 bridgehead atoms. The van der Waals surface area contributed by atoms with Gasteiger partial charge >= 0.3 is 0 Å². The van der Waals surface area contributed by atoms with Gasteiger partial charge in [-0.15, -0.1) is 0 Å². The van der Waals surface area contributed by atoms with E-state index >= 15 is 0 Å². The van der Waals surface area contributed by atoms with E-state index in [4.69, 9.17) is 5.73 Å². The number of carbonyl (C=O) groups is 1. The smallest absolute Gasteiger partial charge is 0.265 e. The SMILES string of the molecule is Cc1ccc(S(=O)(=O)N2c3ccccc3NCC2C(N)=O)cc1. The number of carbonyl (C=O) groups excluding carboxylic acids is 1. The Bertz CT molecular complexity index is 847. The standard InChI is InChI=1S/C16H17N3O3S/c1-11-6-8-12(9-7-11)23(21,22)19-14-5-3-2-4-13(14)18-10-15(19)16(17)20/h2-9,15,18H,10H2,1H3,(H2,17,20). The van der Waals surface area contributed by atoms with Gasteiger partial charge in [0, 0.05) is 6.54 Å². The highest BCUT2D eigenvalue weighted by atomic mass is 32.2. The molecule has 1 aliphatic heterocycles. The molecule has 0 spiro atoms. The number of anilines is 2. The highest BCUT2D eigenvalue weighted by Gasteiger charge is 2.38. The number of nitrogens with one attached hydrogen (secondary N) is 1. The van der Waals surface area contributed by atoms with Crippen LogP contribution in [0.4, 0.5) is 11.4 Å². The molecule has 23 heavy (non-hydrogen) atoms. The molecule has 1 heterocycles. The molecule has 3 rings (SSSR count). The molecule has 6 nitrogen and oxygen atoms in total. The van der Waals surface area contributed by atoms with Gasteiger partial charge in [-0.3, -0.25) is 4.79 Å². The number of primary amides is 1. The fraction of sp³-hybridized carbons (Fsp3) is 0.188. The summed E-state index contributed by atoms with van der Waals surface area (Å²) in [5.41, 5.74) is 7.46. The molecule has 3 N–H and O–H groups in total. The van der Waals surface area contributed by atoms with E-state index in [0.717, 1.165) is 9.87 Å². The van der Waals surface area contributed by atoms with Crippen LogP contribution in [0.5, 0.6) is 0 Å². The van der Waals surface area contributed by atoms with Crippen molar-refractivity contribution in [1.29, 1.82) is 0 Å². The molecule has 120 valence electrons. The Balaban J connectivity index is 2.17. The lowest BCUT2D eigenvalue weighted by molar-refractivity contribution is -0.118. The van der Waals surface area contributed by atoms with Gasteiger partial charge in [0.15, 0.2) is 0 Å². The second kappa shape index (κ2) is 5.58. The van der Waals surface area contributed by atoms with Crippen LogP contribution in [-0.2, 0) is 14.8 Å². The summed E-state index contributed by atoms with van der Waals surface area (Å²) < 4.78 is 27.2. The predicted molar refractivity (Wildman–Crippen MR) is 88.8 cm³/mol. The van der Waals surface area contributed by atoms with Crippen LogP contribution in [0.2, 0.25) is 0 Å². The first-order valence-electron chi connectivity index (χ1n) is 7.14. The Hall–Kier alpha value is -2.54. The van der Waals surface area contributed by atoms with E-state index in [0.29, 0.717) is 11.4 Å². The quantitative estimate of drug-likeness (QED) is 0.891. The van der Waals surface area contributed by atoms with E-state index in [1.54, 1.807) is 36.4 Å². The second-order valence-electron chi connectivity index (χ2n) is 5.43. The molecule has 0 fully saturated rings. The highest BCUT2D eigenvalue weighted by Crippen LogP contribution is 2.35. The van der Waals surface area contributed by atoms with Crippen LogP contribution in [0.15, 0.2) is 53.4 Å². The van der Waals surface area contributed by atoms with Crippen molar-refractivity contribution in [3.05, 3.63) is 54.1 Å². The number of amides is 1. The number of aryl methyl sites for hydroxylation is 1. The van der Waals surface area contributed by atoms with Crippen molar-refractivity contribution >= 4 is 27.3 Å². The van der Waals surface area contributed by atoms with Gasteiger partial charge < -0.3 is 11.1 Å². The van der Waals surface area contributed by atoms with Crippen molar-refractivity contribution in [1.82, 2.24) is 0 Å². The number of nitrogens with zero attached hydrogens (tertiary/aromatic N) is 1. The molecular formula is C16H17N3O3S. The molecule has 7 heteroatoms. The Morgan fingerprint density at radius 3 is 2.48 bits per heavy atom. The number of fused-ring (bicyclic) bond motifs is 1. The molecule has 1 atom stereocenters. The summed E-state index contributed by atoms with van der Waals surface area (Å²) in [4.78, 5) is 11.9. The molecule has 2 aromatic carbocycles. The van der Waals surface area contributed by atoms with E-state index in [1.807, 2.05) is 6.92 Å². The fourth-order valence-electron chi connectivity index (χ4n) is 2.61. The average Bonchev–Trinajstić information content (AvgIpc) is 2.54. The van der Waals surface area contributed by atoms with Gasteiger partial charge in [-0.05, 0) is 31.2 Å². The molecule has 1 aliphatic rings. The van der Waals surface area contributed by atoms with Crippen LogP contribution in [-0.4, -0.2) is 26.9 Å². The van der Waals surface area contributed by atoms with E-state index < -0.39 is 22.0 Å². The normalized spacial score (nSPS) is 17.3. The Labute approximate surface area is 135 Å². The minimum atomic E-state index is -3.89. The second-order valence-corrected chi connectivity index (χ2v) is 7.25. The maximum atomic E-state index is 13.1. The highest BCUT2D eigenvalue weighted by molar-refractivity contribution is 7.93. The van der Waals surface area contributed by atoms with Crippen molar-refractivity contribution in [2.45, 2.75) is 17.9 Å². The van der Waals surface area contributed by atoms with Crippen LogP contribution in [0.3, 0.4) is 0 Å². The van der Waals surface area contributed by atoms with Crippen molar-refractivity contribution in [2.75, 3.05) is 16.2 Å². The number of hydrogen-bond donors (Lipinski definition) is 2. The first-order chi connectivity index (χ1) is 10.9. The monoisotopic (exact) mass is 331 g/mol. The van der Waals surface area contributed by atoms with Gasteiger partial charge in [0.25, 0.3) is 10.0 Å². The summed E-state index contributed by atoms with van der Waals surface area (Å²) in [6, 6.07) is 12.5. The van der Waals surface area contributed by atoms with Crippen LogP contribution in [0.1, 0.15) is 5.56 Å². The summed E-state index contributed by atoms with van der Waals surface area (Å²) >= 11 is 0. The zero-order chi connectivity index (χ0) is 16.6. The molecule has 2 aromatic rings. The molecule has 0 saturated heterocycles. The summed E-state index contributed by atoms with van der Waals surface area (Å²) in [5, 5.41) is 3.05. The number of hydrogen-bond acceptors (Lipinski definition) is 4. The zero-order valence-corrected chi connectivity index (χ0v) is 13.4. The van der Waals surface area contributed by atoms with E-state index in [2.05, 4.69) is 5.32 Å². The summed E-state index contributed by atoms with van der Waals surface area (Å²) in [7, 11) is -3.89. The van der Waals surface area contributed by atoms with Gasteiger partial charge in [-0.2, -0.15) is 0 Å². The third kappa shape index (κ3) is 2.63. The summed E-state index contributed by atoms with van der Waals surface area (Å²) in [6.45, 7) is 2.01. The van der Waals surface area contributed by atoms with Gasteiger partial charge in [0.2, 0.25) is 5.91 Å². The molecular weight excluding hydrogens is 314 g/mol. The zero-order valence-electron chi connectivity index (χ0n) is 12.6. The fourth-order valence-corrected chi connectivity index (χ4v) is 4.25. The average molecular weight is 331 g/mol. The molecule has 0 aromatic heterocycles. The molecule has 0 aliphatic carbocycles. The largest absolute Gasteiger partial charge is 0.381 e. The van der Waals surface area contributed by atoms with Gasteiger partial charge in [-0.1, -0.05) is 29.8 Å². The van der Waals surface area contributed by atoms with E-state index in [-0.39, 0.29) is 11.4 Å². The lowest BCUT2D eigenvalue weighted by Crippen LogP contribution is -2.54. The van der Waals surface area contributed by atoms with Crippen molar-refractivity contribution in [3.63, 3.8) is 0 Å². The van der Waals surface area contributed by atoms with E-state index in [1.165, 1.54) is 12.1 Å². The molecule has 1 amide bonds. The molecule has 1 unspecified atom stereocenters. The minimum absolute atomic E-state index is 0.131. The predicted octanol–water partition coefficient (Wildman–Crippen LogP) is 1.47. The van der Waals surface area contributed by atoms with Gasteiger partial charge in [-0.25, -0.2) is 12.7 Å². The Morgan fingerprint density at radius 1 is 1.17 bits per heavy atom. The van der Waals surface area contributed by atoms with Crippen molar-refractivity contribution in [3.8, 4) is 0 Å². The number of nitrogens with two attached hydrogens (primary N) is 1. The van der Waals surface area contributed by atoms with Crippen LogP contribution >= 0.6 is 0 Å². The lowest BCUT2D eigenvalue weighted by atomic mass is 10.1. The summed E-state index contributed by atoms with van der Waals surface area (Å²) in [5.74, 6) is -0.692.